The molecule has 9 nitrogen and oxygen atoms in total. The van der Waals surface area contributed by atoms with Gasteiger partial charge >= 0.3 is 0 Å². The topological polar surface area (TPSA) is 152 Å². The molecule has 32 heavy (non-hydrogen) atoms. The van der Waals surface area contributed by atoms with Crippen LogP contribution < -0.4 is 10.5 Å². The van der Waals surface area contributed by atoms with E-state index in [-0.39, 0.29) is 35.5 Å². The summed E-state index contributed by atoms with van der Waals surface area (Å²) in [5.41, 5.74) is 7.99. The van der Waals surface area contributed by atoms with E-state index >= 15 is 0 Å². The van der Waals surface area contributed by atoms with Crippen molar-refractivity contribution in [3.05, 3.63) is 59.3 Å². The Morgan fingerprint density at radius 3 is 2.88 bits per heavy atom. The molecule has 1 saturated heterocycles. The van der Waals surface area contributed by atoms with E-state index in [1.54, 1.807) is 12.1 Å². The number of nitrogens with one attached hydrogen (secondary N) is 2. The molecule has 4 rings (SSSR count). The largest absolute Gasteiger partial charge is 0.391 e. The number of aryl methyl sites for hydroxylation is 1. The summed E-state index contributed by atoms with van der Waals surface area (Å²) in [6, 6.07) is 10.9. The first-order valence-electron chi connectivity index (χ1n) is 10.1. The molecule has 1 aliphatic rings. The molecule has 10 heteroatoms. The maximum Gasteiger partial charge on any atom is 0.261 e. The van der Waals surface area contributed by atoms with Crippen molar-refractivity contribution >= 4 is 32.5 Å². The Hall–Kier alpha value is -3.39. The minimum Gasteiger partial charge on any atom is -0.391 e. The molecule has 0 aliphatic carbocycles. The number of carbonyl (C=O) groups excluding carboxylic acids is 1. The summed E-state index contributed by atoms with van der Waals surface area (Å²) >= 11 is 0. The van der Waals surface area contributed by atoms with Gasteiger partial charge in [-0.1, -0.05) is 12.1 Å². The first-order valence-corrected chi connectivity index (χ1v) is 11.6. The quantitative estimate of drug-likeness (QED) is 0.461. The molecule has 0 bridgehead atoms. The molecule has 3 aromatic rings. The van der Waals surface area contributed by atoms with Crippen molar-refractivity contribution in [2.75, 3.05) is 17.8 Å². The molecule has 1 aromatic heterocycles. The normalized spacial score (nSPS) is 18.6. The second kappa shape index (κ2) is 8.27. The predicted octanol–water partition coefficient (Wildman–Crippen LogP) is 1.68. The minimum atomic E-state index is -4.02. The number of anilines is 1. The van der Waals surface area contributed by atoms with Crippen LogP contribution in [0.25, 0.3) is 10.9 Å². The van der Waals surface area contributed by atoms with Gasteiger partial charge in [-0.2, -0.15) is 5.26 Å². The molecule has 1 amide bonds. The highest BCUT2D eigenvalue weighted by Gasteiger charge is 2.34. The number of β-amino-alcohol motifs (C(OH)–C–C–N with tert-alkyl or cyclic N) is 1. The molecule has 0 radical (unpaired) electrons. The molecule has 166 valence electrons. The number of aliphatic hydroxyl groups excluding tert-OH is 1. The Labute approximate surface area is 185 Å². The standard InChI is InChI=1S/C22H23N5O4S/c1-13-5-6-19(21-20(13)15(9-23)11-25-21)26-32(30,31)18-4-2-3-14(7-18)22(29)27-12-17(28)8-16(27)10-24/h2-7,11,16-17,25-26,28H,8,10,12,24H2,1H3/t16-,17-/m1/s1. The fourth-order valence-corrected chi connectivity index (χ4v) is 5.24. The zero-order valence-electron chi connectivity index (χ0n) is 17.4. The van der Waals surface area contributed by atoms with Crippen molar-refractivity contribution in [2.24, 2.45) is 5.73 Å². The lowest BCUT2D eigenvalue weighted by atomic mass is 10.1. The number of amides is 1. The second-order valence-electron chi connectivity index (χ2n) is 7.86. The van der Waals surface area contributed by atoms with E-state index in [1.807, 2.05) is 6.92 Å². The summed E-state index contributed by atoms with van der Waals surface area (Å²) in [5.74, 6) is -0.380. The lowest BCUT2D eigenvalue weighted by Gasteiger charge is -2.23. The molecule has 0 spiro atoms. The number of fused-ring (bicyclic) bond motifs is 1. The molecule has 5 N–H and O–H groups in total. The van der Waals surface area contributed by atoms with Crippen LogP contribution in [0.15, 0.2) is 47.5 Å². The summed E-state index contributed by atoms with van der Waals surface area (Å²) in [6.07, 6.45) is 1.28. The van der Waals surface area contributed by atoms with Gasteiger partial charge in [-0.15, -0.1) is 0 Å². The summed E-state index contributed by atoms with van der Waals surface area (Å²) in [5, 5.41) is 19.8. The van der Waals surface area contributed by atoms with Crippen LogP contribution in [0, 0.1) is 18.3 Å². The Kier molecular flexibility index (Phi) is 5.64. The number of nitrogens with two attached hydrogens (primary N) is 1. The van der Waals surface area contributed by atoms with Gasteiger partial charge in [-0.25, -0.2) is 8.42 Å². The third-order valence-electron chi connectivity index (χ3n) is 5.73. The van der Waals surface area contributed by atoms with E-state index in [4.69, 9.17) is 5.73 Å². The van der Waals surface area contributed by atoms with Crippen LogP contribution in [-0.2, 0) is 10.0 Å². The number of aromatic amines is 1. The van der Waals surface area contributed by atoms with E-state index in [2.05, 4.69) is 15.8 Å². The van der Waals surface area contributed by atoms with Gasteiger partial charge in [0.15, 0.2) is 0 Å². The monoisotopic (exact) mass is 453 g/mol. The van der Waals surface area contributed by atoms with Crippen LogP contribution in [-0.4, -0.2) is 54.6 Å². The van der Waals surface area contributed by atoms with Gasteiger partial charge in [0, 0.05) is 36.3 Å². The molecular formula is C22H23N5O4S. The fourth-order valence-electron chi connectivity index (χ4n) is 4.12. The van der Waals surface area contributed by atoms with E-state index in [0.717, 1.165) is 5.56 Å². The fraction of sp³-hybridized carbons (Fsp3) is 0.273. The van der Waals surface area contributed by atoms with Crippen molar-refractivity contribution in [2.45, 2.75) is 30.4 Å². The van der Waals surface area contributed by atoms with Gasteiger partial charge in [0.05, 0.1) is 27.8 Å². The van der Waals surface area contributed by atoms with Crippen molar-refractivity contribution in [1.29, 1.82) is 5.26 Å². The maximum atomic E-state index is 13.1. The second-order valence-corrected chi connectivity index (χ2v) is 9.55. The van der Waals surface area contributed by atoms with Crippen LogP contribution in [0.5, 0.6) is 0 Å². The third-order valence-corrected chi connectivity index (χ3v) is 7.09. The minimum absolute atomic E-state index is 0.0758. The first kappa shape index (κ1) is 21.8. The van der Waals surface area contributed by atoms with Crippen molar-refractivity contribution in [3.63, 3.8) is 0 Å². The molecule has 0 unspecified atom stereocenters. The van der Waals surface area contributed by atoms with Crippen LogP contribution in [0.4, 0.5) is 5.69 Å². The van der Waals surface area contributed by atoms with Gasteiger partial charge in [-0.3, -0.25) is 9.52 Å². The number of hydrogen-bond acceptors (Lipinski definition) is 6. The van der Waals surface area contributed by atoms with Crippen molar-refractivity contribution in [3.8, 4) is 6.07 Å². The summed E-state index contributed by atoms with van der Waals surface area (Å²) < 4.78 is 28.8. The molecular weight excluding hydrogens is 430 g/mol. The average molecular weight is 454 g/mol. The molecule has 0 saturated carbocycles. The molecule has 2 heterocycles. The number of aromatic nitrogens is 1. The molecule has 1 aliphatic heterocycles. The van der Waals surface area contributed by atoms with Crippen LogP contribution in [0.3, 0.4) is 0 Å². The number of likely N-dealkylation sites (tertiary alicyclic amines) is 1. The summed E-state index contributed by atoms with van der Waals surface area (Å²) in [7, 11) is -4.02. The number of H-pyrrole nitrogens is 1. The number of carbonyl (C=O) groups is 1. The van der Waals surface area contributed by atoms with Crippen LogP contribution in [0.2, 0.25) is 0 Å². The number of nitrogens with zero attached hydrogens (tertiary/aromatic N) is 2. The van der Waals surface area contributed by atoms with Gasteiger partial charge in [0.1, 0.15) is 6.07 Å². The van der Waals surface area contributed by atoms with E-state index in [9.17, 15) is 23.6 Å². The number of aliphatic hydroxyl groups is 1. The summed E-state index contributed by atoms with van der Waals surface area (Å²) in [4.78, 5) is 17.3. The Bertz CT molecular complexity index is 1340. The average Bonchev–Trinajstić information content (AvgIpc) is 3.39. The third kappa shape index (κ3) is 3.82. The highest BCUT2D eigenvalue weighted by Crippen LogP contribution is 2.30. The Morgan fingerprint density at radius 2 is 2.16 bits per heavy atom. The first-order chi connectivity index (χ1) is 15.2. The van der Waals surface area contributed by atoms with Crippen LogP contribution >= 0.6 is 0 Å². The van der Waals surface area contributed by atoms with Gasteiger partial charge in [0.2, 0.25) is 0 Å². The molecule has 2 atom stereocenters. The maximum absolute atomic E-state index is 13.1. The van der Waals surface area contributed by atoms with E-state index in [1.165, 1.54) is 35.4 Å². The van der Waals surface area contributed by atoms with E-state index < -0.39 is 16.1 Å². The van der Waals surface area contributed by atoms with Crippen LogP contribution in [0.1, 0.15) is 27.9 Å². The zero-order valence-corrected chi connectivity index (χ0v) is 18.2. The lowest BCUT2D eigenvalue weighted by molar-refractivity contribution is 0.0720. The molecule has 2 aromatic carbocycles. The number of sulfonamides is 1. The van der Waals surface area contributed by atoms with Gasteiger partial charge in [0.25, 0.3) is 15.9 Å². The smallest absolute Gasteiger partial charge is 0.261 e. The van der Waals surface area contributed by atoms with Crippen molar-refractivity contribution in [1.82, 2.24) is 9.88 Å². The SMILES string of the molecule is Cc1ccc(NS(=O)(=O)c2cccc(C(=O)N3C[C@H](O)C[C@@H]3CN)c2)c2[nH]cc(C#N)c12. The summed E-state index contributed by atoms with van der Waals surface area (Å²) in [6.45, 7) is 2.21. The number of nitriles is 1. The van der Waals surface area contributed by atoms with E-state index in [0.29, 0.717) is 28.6 Å². The highest BCUT2D eigenvalue weighted by atomic mass is 32.2. The van der Waals surface area contributed by atoms with Gasteiger partial charge in [-0.05, 0) is 43.2 Å². The van der Waals surface area contributed by atoms with Crippen molar-refractivity contribution < 1.29 is 18.3 Å². The highest BCUT2D eigenvalue weighted by molar-refractivity contribution is 7.92. The predicted molar refractivity (Wildman–Crippen MR) is 120 cm³/mol. The van der Waals surface area contributed by atoms with Gasteiger partial charge < -0.3 is 20.7 Å². The zero-order chi connectivity index (χ0) is 23.0. The number of hydrogen-bond donors (Lipinski definition) is 4. The Morgan fingerprint density at radius 1 is 1.38 bits per heavy atom. The lowest BCUT2D eigenvalue weighted by Crippen LogP contribution is -2.40. The Balaban J connectivity index is 1.66. The molecule has 1 fully saturated rings. The number of rotatable bonds is 5. The number of benzene rings is 2.